The number of amides is 1. The number of piperidine rings is 1. The molecule has 1 heterocycles. The minimum absolute atomic E-state index is 0.0330. The molecule has 0 aliphatic carbocycles. The van der Waals surface area contributed by atoms with Gasteiger partial charge in [-0.05, 0) is 44.9 Å². The molecule has 1 aliphatic rings. The molecule has 2 aromatic carbocycles. The van der Waals surface area contributed by atoms with Gasteiger partial charge in [-0.25, -0.2) is 0 Å². The molecule has 0 bridgehead atoms. The summed E-state index contributed by atoms with van der Waals surface area (Å²) in [4.78, 5) is 38.0. The lowest BCUT2D eigenvalue weighted by atomic mass is 9.95. The van der Waals surface area contributed by atoms with Crippen molar-refractivity contribution in [3.8, 4) is 0 Å². The third kappa shape index (κ3) is 5.85. The van der Waals surface area contributed by atoms with Gasteiger partial charge in [0.15, 0.2) is 0 Å². The van der Waals surface area contributed by atoms with E-state index in [1.54, 1.807) is 6.07 Å². The maximum atomic E-state index is 12.9. The molecule has 34 heavy (non-hydrogen) atoms. The van der Waals surface area contributed by atoms with Gasteiger partial charge in [0, 0.05) is 61.7 Å². The van der Waals surface area contributed by atoms with Crippen LogP contribution in [0.15, 0.2) is 47.6 Å². The number of hydrogen-bond donors (Lipinski definition) is 1. The molecule has 1 fully saturated rings. The maximum absolute atomic E-state index is 12.9. The van der Waals surface area contributed by atoms with E-state index in [1.807, 2.05) is 18.7 Å². The number of hydrogen-bond acceptors (Lipinski definition) is 8. The van der Waals surface area contributed by atoms with E-state index in [9.17, 15) is 25.0 Å². The molecule has 1 aliphatic heterocycles. The smallest absolute Gasteiger partial charge is 0.270 e. The Labute approximate surface area is 197 Å². The Balaban J connectivity index is 1.82. The summed E-state index contributed by atoms with van der Waals surface area (Å²) in [6.45, 7) is 6.51. The molecule has 11 nitrogen and oxygen atoms in total. The van der Waals surface area contributed by atoms with Gasteiger partial charge in [0.25, 0.3) is 11.4 Å². The van der Waals surface area contributed by atoms with E-state index in [-0.39, 0.29) is 23.2 Å². The van der Waals surface area contributed by atoms with Crippen LogP contribution in [0.4, 0.5) is 22.7 Å². The largest absolute Gasteiger partial charge is 0.370 e. The number of nitrogens with zero attached hydrogens (tertiary/aromatic N) is 5. The zero-order valence-corrected chi connectivity index (χ0v) is 19.2. The van der Waals surface area contributed by atoms with E-state index in [0.29, 0.717) is 30.9 Å². The first kappa shape index (κ1) is 24.6. The molecule has 1 N–H and O–H groups in total. The number of carbonyl (C=O) groups is 1. The van der Waals surface area contributed by atoms with E-state index in [0.717, 1.165) is 25.1 Å². The first-order chi connectivity index (χ1) is 16.3. The first-order valence-corrected chi connectivity index (χ1v) is 11.2. The molecule has 1 saturated heterocycles. The number of nitrogens with one attached hydrogen (secondary N) is 1. The number of hydrazone groups is 1. The van der Waals surface area contributed by atoms with Gasteiger partial charge in [0.05, 0.1) is 27.7 Å². The average Bonchev–Trinajstić information content (AvgIpc) is 2.85. The molecule has 0 aromatic heterocycles. The molecule has 2 aromatic rings. The molecule has 180 valence electrons. The fraction of sp³-hybridized carbons (Fsp3) is 0.391. The van der Waals surface area contributed by atoms with Crippen LogP contribution in [0, 0.1) is 26.1 Å². The number of nitro groups is 2. The molecule has 0 radical (unpaired) electrons. The monoisotopic (exact) mass is 468 g/mol. The lowest BCUT2D eigenvalue weighted by molar-refractivity contribution is -0.385. The van der Waals surface area contributed by atoms with Crippen LogP contribution in [0.25, 0.3) is 0 Å². The predicted molar refractivity (Wildman–Crippen MR) is 130 cm³/mol. The van der Waals surface area contributed by atoms with Crippen LogP contribution in [0.1, 0.15) is 32.3 Å². The minimum Gasteiger partial charge on any atom is -0.370 e. The van der Waals surface area contributed by atoms with Crippen LogP contribution < -0.4 is 10.3 Å². The highest BCUT2D eigenvalue weighted by atomic mass is 16.6. The zero-order valence-electron chi connectivity index (χ0n) is 19.2. The van der Waals surface area contributed by atoms with E-state index < -0.39 is 9.85 Å². The van der Waals surface area contributed by atoms with E-state index >= 15 is 0 Å². The van der Waals surface area contributed by atoms with Gasteiger partial charge in [0.1, 0.15) is 0 Å². The van der Waals surface area contributed by atoms with Gasteiger partial charge in [-0.2, -0.15) is 5.10 Å². The molecule has 1 atom stereocenters. The van der Waals surface area contributed by atoms with Crippen LogP contribution in [0.5, 0.6) is 0 Å². The highest BCUT2D eigenvalue weighted by molar-refractivity contribution is 5.90. The summed E-state index contributed by atoms with van der Waals surface area (Å²) in [6, 6.07) is 10.4. The van der Waals surface area contributed by atoms with Crippen LogP contribution >= 0.6 is 0 Å². The highest BCUT2D eigenvalue weighted by Crippen LogP contribution is 2.29. The molecular weight excluding hydrogens is 440 g/mol. The Bertz CT molecular complexity index is 1070. The Morgan fingerprint density at radius 3 is 2.38 bits per heavy atom. The summed E-state index contributed by atoms with van der Waals surface area (Å²) in [5, 5.41) is 26.3. The number of nitro benzene ring substituents is 2. The SMILES string of the molecule is CCN(CC)C(=O)[C@@H]1CCCN(c2ccc([N+](=O)[O-])cc2C=NNc2ccc([N+](=O)[O-])cc2)C1. The van der Waals surface area contributed by atoms with Crippen LogP contribution in [0.2, 0.25) is 0 Å². The Kier molecular flexibility index (Phi) is 8.12. The third-order valence-electron chi connectivity index (χ3n) is 5.88. The van der Waals surface area contributed by atoms with Crippen molar-refractivity contribution in [2.24, 2.45) is 11.0 Å². The van der Waals surface area contributed by atoms with Crippen LogP contribution in [0.3, 0.4) is 0 Å². The molecule has 0 unspecified atom stereocenters. The Hall–Kier alpha value is -4.02. The van der Waals surface area contributed by atoms with Crippen molar-refractivity contribution in [1.82, 2.24) is 4.90 Å². The quantitative estimate of drug-likeness (QED) is 0.333. The lowest BCUT2D eigenvalue weighted by Crippen LogP contribution is -2.45. The van der Waals surface area contributed by atoms with Crippen molar-refractivity contribution < 1.29 is 14.6 Å². The lowest BCUT2D eigenvalue weighted by Gasteiger charge is -2.36. The van der Waals surface area contributed by atoms with Gasteiger partial charge >= 0.3 is 0 Å². The fourth-order valence-electron chi connectivity index (χ4n) is 4.07. The second kappa shape index (κ2) is 11.2. The van der Waals surface area contributed by atoms with Crippen LogP contribution in [-0.2, 0) is 4.79 Å². The summed E-state index contributed by atoms with van der Waals surface area (Å²) in [6.07, 6.45) is 3.13. The molecule has 0 spiro atoms. The van der Waals surface area contributed by atoms with Gasteiger partial charge in [-0.15, -0.1) is 0 Å². The van der Waals surface area contributed by atoms with Crippen LogP contribution in [-0.4, -0.2) is 53.0 Å². The Morgan fingerprint density at radius 1 is 1.12 bits per heavy atom. The normalized spacial score (nSPS) is 15.8. The van der Waals surface area contributed by atoms with E-state index in [4.69, 9.17) is 0 Å². The molecule has 0 saturated carbocycles. The average molecular weight is 469 g/mol. The fourth-order valence-corrected chi connectivity index (χ4v) is 4.07. The van der Waals surface area contributed by atoms with Gasteiger partial charge in [-0.3, -0.25) is 30.4 Å². The number of non-ortho nitro benzene ring substituents is 2. The maximum Gasteiger partial charge on any atom is 0.270 e. The number of benzene rings is 2. The van der Waals surface area contributed by atoms with Crippen molar-refractivity contribution in [3.63, 3.8) is 0 Å². The summed E-state index contributed by atoms with van der Waals surface area (Å²) in [5.41, 5.74) is 4.54. The molecule has 3 rings (SSSR count). The summed E-state index contributed by atoms with van der Waals surface area (Å²) < 4.78 is 0. The standard InChI is InChI=1S/C23H28N6O5/c1-3-26(4-2)23(30)17-6-5-13-27(16-17)22-12-11-21(29(33)34)14-18(22)15-24-25-19-7-9-20(10-8-19)28(31)32/h7-12,14-15,17,25H,3-6,13,16H2,1-2H3/t17-/m1/s1. The van der Waals surface area contributed by atoms with Crippen molar-refractivity contribution in [3.05, 3.63) is 68.3 Å². The summed E-state index contributed by atoms with van der Waals surface area (Å²) in [7, 11) is 0. The van der Waals surface area contributed by atoms with Crippen molar-refractivity contribution >= 4 is 34.9 Å². The minimum atomic E-state index is -0.487. The van der Waals surface area contributed by atoms with Gasteiger partial charge < -0.3 is 9.80 Å². The first-order valence-electron chi connectivity index (χ1n) is 11.2. The highest BCUT2D eigenvalue weighted by Gasteiger charge is 2.29. The Morgan fingerprint density at radius 2 is 1.76 bits per heavy atom. The summed E-state index contributed by atoms with van der Waals surface area (Å²) in [5.74, 6) is -0.00136. The van der Waals surface area contributed by atoms with Crippen molar-refractivity contribution in [2.75, 3.05) is 36.5 Å². The second-order valence-electron chi connectivity index (χ2n) is 7.97. The van der Waals surface area contributed by atoms with Crippen molar-refractivity contribution in [1.29, 1.82) is 0 Å². The van der Waals surface area contributed by atoms with Gasteiger partial charge in [0.2, 0.25) is 5.91 Å². The zero-order chi connectivity index (χ0) is 24.7. The number of anilines is 2. The van der Waals surface area contributed by atoms with E-state index in [2.05, 4.69) is 15.4 Å². The van der Waals surface area contributed by atoms with Gasteiger partial charge in [-0.1, -0.05) is 0 Å². The summed E-state index contributed by atoms with van der Waals surface area (Å²) >= 11 is 0. The molecule has 1 amide bonds. The second-order valence-corrected chi connectivity index (χ2v) is 7.97. The van der Waals surface area contributed by atoms with Crippen molar-refractivity contribution in [2.45, 2.75) is 26.7 Å². The third-order valence-corrected chi connectivity index (χ3v) is 5.88. The molecular formula is C23H28N6O5. The predicted octanol–water partition coefficient (Wildman–Crippen LogP) is 4.03. The number of rotatable bonds is 9. The van der Waals surface area contributed by atoms with E-state index in [1.165, 1.54) is 42.6 Å². The number of carbonyl (C=O) groups excluding carboxylic acids is 1. The molecule has 11 heteroatoms. The topological polar surface area (TPSA) is 134 Å².